The highest BCUT2D eigenvalue weighted by molar-refractivity contribution is 6.37. The molecule has 0 radical (unpaired) electrons. The standard InChI is InChI=1S/C13H12Cl3F3O3/c14-9-6-8(20)7-10(15)12(9)22-4-1-3-21-5-2-11(16)13(17,18)19/h2,6-7,20H,1,3-5H2. The first-order valence-electron chi connectivity index (χ1n) is 6.03. The molecule has 0 aliphatic heterocycles. The van der Waals surface area contributed by atoms with E-state index in [0.29, 0.717) is 6.42 Å². The van der Waals surface area contributed by atoms with Gasteiger partial charge in [-0.05, 0) is 6.08 Å². The number of hydrogen-bond acceptors (Lipinski definition) is 3. The van der Waals surface area contributed by atoms with Gasteiger partial charge in [-0.1, -0.05) is 34.8 Å². The lowest BCUT2D eigenvalue weighted by Gasteiger charge is -2.10. The van der Waals surface area contributed by atoms with Gasteiger partial charge in [-0.3, -0.25) is 0 Å². The van der Waals surface area contributed by atoms with Crippen molar-refractivity contribution in [3.8, 4) is 11.5 Å². The molecule has 9 heteroatoms. The van der Waals surface area contributed by atoms with Gasteiger partial charge in [0, 0.05) is 18.6 Å². The summed E-state index contributed by atoms with van der Waals surface area (Å²) < 4.78 is 46.5. The quantitative estimate of drug-likeness (QED) is 0.664. The van der Waals surface area contributed by atoms with Gasteiger partial charge in [0.15, 0.2) is 5.75 Å². The fourth-order valence-corrected chi connectivity index (χ4v) is 2.00. The average Bonchev–Trinajstić information content (AvgIpc) is 2.38. The minimum absolute atomic E-state index is 0.0842. The SMILES string of the molecule is Oc1cc(Cl)c(OCCCOCC=C(Cl)C(F)(F)F)c(Cl)c1. The van der Waals surface area contributed by atoms with Crippen LogP contribution in [0.4, 0.5) is 13.2 Å². The van der Waals surface area contributed by atoms with E-state index in [2.05, 4.69) is 0 Å². The second-order valence-corrected chi connectivity index (χ2v) is 5.29. The Kier molecular flexibility index (Phi) is 7.62. The summed E-state index contributed by atoms with van der Waals surface area (Å²) in [7, 11) is 0. The summed E-state index contributed by atoms with van der Waals surface area (Å²) in [6.07, 6.45) is -3.40. The van der Waals surface area contributed by atoms with Gasteiger partial charge in [-0.2, -0.15) is 13.2 Å². The van der Waals surface area contributed by atoms with Crippen molar-refractivity contribution in [3.63, 3.8) is 0 Å². The van der Waals surface area contributed by atoms with Gasteiger partial charge in [-0.15, -0.1) is 0 Å². The molecule has 124 valence electrons. The normalized spacial score (nSPS) is 12.5. The molecule has 0 unspecified atom stereocenters. The van der Waals surface area contributed by atoms with E-state index in [4.69, 9.17) is 44.3 Å². The zero-order valence-corrected chi connectivity index (χ0v) is 13.4. The molecule has 0 saturated heterocycles. The summed E-state index contributed by atoms with van der Waals surface area (Å²) in [5.41, 5.74) is 0. The zero-order valence-electron chi connectivity index (χ0n) is 11.1. The minimum atomic E-state index is -4.56. The van der Waals surface area contributed by atoms with E-state index in [1.54, 1.807) is 0 Å². The maximum atomic E-state index is 12.1. The number of hydrogen-bond donors (Lipinski definition) is 1. The fourth-order valence-electron chi connectivity index (χ4n) is 1.35. The number of phenolic OH excluding ortho intramolecular Hbond substituents is 1. The van der Waals surface area contributed by atoms with Crippen molar-refractivity contribution in [1.82, 2.24) is 0 Å². The predicted octanol–water partition coefficient (Wildman–Crippen LogP) is 5.17. The molecule has 0 amide bonds. The lowest BCUT2D eigenvalue weighted by Crippen LogP contribution is -2.09. The van der Waals surface area contributed by atoms with E-state index in [1.165, 1.54) is 12.1 Å². The van der Waals surface area contributed by atoms with Crippen molar-refractivity contribution in [2.75, 3.05) is 19.8 Å². The number of alkyl halides is 3. The Balaban J connectivity index is 2.27. The van der Waals surface area contributed by atoms with Gasteiger partial charge in [0.25, 0.3) is 0 Å². The number of aromatic hydroxyl groups is 1. The molecule has 1 rings (SSSR count). The van der Waals surface area contributed by atoms with Crippen molar-refractivity contribution in [1.29, 1.82) is 0 Å². The van der Waals surface area contributed by atoms with Gasteiger partial charge in [0.2, 0.25) is 0 Å². The molecular formula is C13H12Cl3F3O3. The summed E-state index contributed by atoms with van der Waals surface area (Å²) in [5, 5.41) is 8.35. The predicted molar refractivity (Wildman–Crippen MR) is 79.0 cm³/mol. The van der Waals surface area contributed by atoms with Crippen molar-refractivity contribution < 1.29 is 27.8 Å². The van der Waals surface area contributed by atoms with Crippen molar-refractivity contribution in [3.05, 3.63) is 33.3 Å². The number of phenols is 1. The van der Waals surface area contributed by atoms with Crippen LogP contribution in [0.25, 0.3) is 0 Å². The summed E-state index contributed by atoms with van der Waals surface area (Å²) >= 11 is 16.7. The van der Waals surface area contributed by atoms with Crippen LogP contribution in [-0.4, -0.2) is 31.1 Å². The van der Waals surface area contributed by atoms with E-state index in [-0.39, 0.29) is 41.4 Å². The van der Waals surface area contributed by atoms with Crippen LogP contribution in [0.3, 0.4) is 0 Å². The van der Waals surface area contributed by atoms with Crippen molar-refractivity contribution in [2.45, 2.75) is 12.6 Å². The van der Waals surface area contributed by atoms with Crippen molar-refractivity contribution in [2.24, 2.45) is 0 Å². The Morgan fingerprint density at radius 3 is 2.32 bits per heavy atom. The largest absolute Gasteiger partial charge is 0.508 e. The Hall–Kier alpha value is -0.820. The Bertz CT molecular complexity index is 510. The number of allylic oxidation sites excluding steroid dienone is 1. The van der Waals surface area contributed by atoms with Gasteiger partial charge in [0.1, 0.15) is 10.8 Å². The Labute approximate surface area is 140 Å². The second-order valence-electron chi connectivity index (χ2n) is 4.07. The van der Waals surface area contributed by atoms with E-state index in [9.17, 15) is 18.3 Å². The Morgan fingerprint density at radius 1 is 1.18 bits per heavy atom. The molecule has 3 nitrogen and oxygen atoms in total. The number of halogens is 6. The number of ether oxygens (including phenoxy) is 2. The summed E-state index contributed by atoms with van der Waals surface area (Å²) in [5.74, 6) is 0.139. The second kappa shape index (κ2) is 8.72. The smallest absolute Gasteiger partial charge is 0.426 e. The zero-order chi connectivity index (χ0) is 16.8. The third-order valence-electron chi connectivity index (χ3n) is 2.31. The highest BCUT2D eigenvalue weighted by Crippen LogP contribution is 2.36. The van der Waals surface area contributed by atoms with Crippen LogP contribution in [0.15, 0.2) is 23.2 Å². The van der Waals surface area contributed by atoms with Crippen LogP contribution in [0.1, 0.15) is 6.42 Å². The van der Waals surface area contributed by atoms with Crippen LogP contribution in [0.2, 0.25) is 10.0 Å². The molecule has 0 aromatic heterocycles. The average molecular weight is 380 g/mol. The van der Waals surface area contributed by atoms with Crippen LogP contribution in [-0.2, 0) is 4.74 Å². The molecule has 0 saturated carbocycles. The molecule has 1 aromatic rings. The highest BCUT2D eigenvalue weighted by atomic mass is 35.5. The van der Waals surface area contributed by atoms with Crippen molar-refractivity contribution >= 4 is 34.8 Å². The molecule has 0 atom stereocenters. The first-order chi connectivity index (χ1) is 10.2. The molecule has 22 heavy (non-hydrogen) atoms. The fraction of sp³-hybridized carbons (Fsp3) is 0.385. The molecule has 0 bridgehead atoms. The number of rotatable bonds is 7. The maximum absolute atomic E-state index is 12.1. The molecule has 0 fully saturated rings. The highest BCUT2D eigenvalue weighted by Gasteiger charge is 2.31. The first kappa shape index (κ1) is 19.2. The molecular weight excluding hydrogens is 367 g/mol. The molecule has 1 aromatic carbocycles. The molecule has 0 aliphatic rings. The molecule has 0 heterocycles. The van der Waals surface area contributed by atoms with Gasteiger partial charge >= 0.3 is 6.18 Å². The maximum Gasteiger partial charge on any atom is 0.426 e. The Morgan fingerprint density at radius 2 is 1.77 bits per heavy atom. The number of benzene rings is 1. The molecule has 1 N–H and O–H groups in total. The summed E-state index contributed by atoms with van der Waals surface area (Å²) in [6, 6.07) is 2.56. The van der Waals surface area contributed by atoms with Crippen LogP contribution < -0.4 is 4.74 Å². The topological polar surface area (TPSA) is 38.7 Å². The minimum Gasteiger partial charge on any atom is -0.508 e. The third kappa shape index (κ3) is 6.52. The van der Waals surface area contributed by atoms with E-state index >= 15 is 0 Å². The van der Waals surface area contributed by atoms with E-state index in [1.807, 2.05) is 0 Å². The van der Waals surface area contributed by atoms with Gasteiger partial charge < -0.3 is 14.6 Å². The summed E-state index contributed by atoms with van der Waals surface area (Å²) in [6.45, 7) is 0.117. The lowest BCUT2D eigenvalue weighted by atomic mass is 10.3. The van der Waals surface area contributed by atoms with Crippen LogP contribution in [0.5, 0.6) is 11.5 Å². The van der Waals surface area contributed by atoms with Crippen LogP contribution >= 0.6 is 34.8 Å². The molecule has 0 spiro atoms. The van der Waals surface area contributed by atoms with E-state index in [0.717, 1.165) is 6.08 Å². The van der Waals surface area contributed by atoms with Gasteiger partial charge in [-0.25, -0.2) is 0 Å². The molecule has 0 aliphatic carbocycles. The van der Waals surface area contributed by atoms with Gasteiger partial charge in [0.05, 0.1) is 29.9 Å². The lowest BCUT2D eigenvalue weighted by molar-refractivity contribution is -0.0850. The monoisotopic (exact) mass is 378 g/mol. The van der Waals surface area contributed by atoms with Crippen LogP contribution in [0, 0.1) is 0 Å². The van der Waals surface area contributed by atoms with E-state index < -0.39 is 11.2 Å². The first-order valence-corrected chi connectivity index (χ1v) is 7.16. The third-order valence-corrected chi connectivity index (χ3v) is 3.24. The summed E-state index contributed by atoms with van der Waals surface area (Å²) in [4.78, 5) is 0.